The molecule has 20 heavy (non-hydrogen) atoms. The Hall–Kier alpha value is 0.380. The molecular weight excluding hydrogens is 336 g/mol. The predicted molar refractivity (Wildman–Crippen MR) is 54.9 cm³/mol. The van der Waals surface area contributed by atoms with Crippen molar-refractivity contribution in [3.05, 3.63) is 0 Å². The maximum atomic E-state index is 12.6. The molecule has 0 saturated carbocycles. The van der Waals surface area contributed by atoms with E-state index in [0.717, 1.165) is 0 Å². The first kappa shape index (κ1) is 22.7. The van der Waals surface area contributed by atoms with E-state index in [1.165, 1.54) is 0 Å². The van der Waals surface area contributed by atoms with Gasteiger partial charge < -0.3 is 4.74 Å². The van der Waals surface area contributed by atoms with E-state index < -0.39 is 53.5 Å². The third-order valence-corrected chi connectivity index (χ3v) is 2.59. The van der Waals surface area contributed by atoms with Crippen LogP contribution < -0.4 is 0 Å². The summed E-state index contributed by atoms with van der Waals surface area (Å²) in [7, 11) is -4.39. The average molecular weight is 346 g/mol. The molecule has 0 aliphatic heterocycles. The van der Waals surface area contributed by atoms with Crippen molar-refractivity contribution in [2.24, 2.45) is 0 Å². The Kier molecular flexibility index (Phi) is 8.59. The van der Waals surface area contributed by atoms with E-state index in [2.05, 4.69) is 4.74 Å². The third kappa shape index (κ3) is 6.89. The molecule has 1 N–H and O–H groups in total. The van der Waals surface area contributed by atoms with Crippen LogP contribution in [0, 0.1) is 0 Å². The van der Waals surface area contributed by atoms with Gasteiger partial charge in [0.1, 0.15) is 6.61 Å². The summed E-state index contributed by atoms with van der Waals surface area (Å²) in [6.45, 7) is -3.06. The fourth-order valence-corrected chi connectivity index (χ4v) is 1.32. The van der Waals surface area contributed by atoms with Gasteiger partial charge in [0.2, 0.25) is 0 Å². The van der Waals surface area contributed by atoms with Gasteiger partial charge in [0.05, 0.1) is 5.75 Å². The van der Waals surface area contributed by atoms with Crippen molar-refractivity contribution in [1.82, 2.24) is 0 Å². The molecule has 118 valence electrons. The Morgan fingerprint density at radius 3 is 1.80 bits per heavy atom. The van der Waals surface area contributed by atoms with Gasteiger partial charge in [-0.2, -0.15) is 39.2 Å². The molecule has 0 atom stereocenters. The number of hydrogen-bond donors (Lipinski definition) is 1. The molecule has 13 heteroatoms. The van der Waals surface area contributed by atoms with Crippen molar-refractivity contribution in [2.75, 3.05) is 19.0 Å². The van der Waals surface area contributed by atoms with Crippen molar-refractivity contribution < 1.29 is 48.4 Å². The standard InChI is InChI=1S/C7H9F7O4S.Na.H/c8-5(9,6(10,11)7(12,13)14)4-18-2-1-3-19(15,16)17;;/h1-4H2,(H,15,16,17);;. The Bertz CT molecular complexity index is 394. The molecule has 0 saturated heterocycles. The minimum absolute atomic E-state index is 0. The summed E-state index contributed by atoms with van der Waals surface area (Å²) in [6, 6.07) is 0. The van der Waals surface area contributed by atoms with Crippen LogP contribution in [-0.2, 0) is 14.9 Å². The second-order valence-electron chi connectivity index (χ2n) is 3.47. The summed E-state index contributed by atoms with van der Waals surface area (Å²) in [5.74, 6) is -12.6. The Morgan fingerprint density at radius 1 is 1.00 bits per heavy atom. The molecule has 0 bridgehead atoms. The second-order valence-corrected chi connectivity index (χ2v) is 5.04. The molecule has 0 spiro atoms. The van der Waals surface area contributed by atoms with Gasteiger partial charge in [-0.05, 0) is 6.42 Å². The fraction of sp³-hybridized carbons (Fsp3) is 1.00. The zero-order valence-corrected chi connectivity index (χ0v) is 9.87. The van der Waals surface area contributed by atoms with Gasteiger partial charge in [0.15, 0.2) is 0 Å². The molecule has 0 radical (unpaired) electrons. The molecule has 0 aromatic rings. The molecule has 0 aliphatic carbocycles. The summed E-state index contributed by atoms with van der Waals surface area (Å²) in [5.41, 5.74) is 0. The van der Waals surface area contributed by atoms with Crippen LogP contribution in [0.2, 0.25) is 0 Å². The van der Waals surface area contributed by atoms with Crippen LogP contribution >= 0.6 is 0 Å². The molecule has 0 amide bonds. The zero-order chi connectivity index (χ0) is 15.5. The molecular formula is C7H10F7NaO4S. The van der Waals surface area contributed by atoms with Gasteiger partial charge in [-0.1, -0.05) is 0 Å². The van der Waals surface area contributed by atoms with Crippen molar-refractivity contribution >= 4 is 39.7 Å². The van der Waals surface area contributed by atoms with Crippen molar-refractivity contribution in [3.8, 4) is 0 Å². The van der Waals surface area contributed by atoms with Crippen LogP contribution in [0.15, 0.2) is 0 Å². The van der Waals surface area contributed by atoms with Gasteiger partial charge in [0.25, 0.3) is 10.1 Å². The van der Waals surface area contributed by atoms with Crippen LogP contribution in [-0.4, -0.2) is 79.5 Å². The fourth-order valence-electron chi connectivity index (χ4n) is 0.842. The summed E-state index contributed by atoms with van der Waals surface area (Å²) in [4.78, 5) is 0. The quantitative estimate of drug-likeness (QED) is 0.328. The first-order valence-corrected chi connectivity index (χ1v) is 6.17. The number of alkyl halides is 7. The molecule has 0 aliphatic rings. The molecule has 0 fully saturated rings. The molecule has 0 heterocycles. The Balaban J connectivity index is 0. The van der Waals surface area contributed by atoms with E-state index in [9.17, 15) is 39.2 Å². The Labute approximate surface area is 131 Å². The monoisotopic (exact) mass is 346 g/mol. The summed E-state index contributed by atoms with van der Waals surface area (Å²) >= 11 is 0. The second kappa shape index (κ2) is 7.58. The molecule has 0 aromatic carbocycles. The van der Waals surface area contributed by atoms with E-state index in [4.69, 9.17) is 4.55 Å². The van der Waals surface area contributed by atoms with Gasteiger partial charge in [-0.25, -0.2) is 0 Å². The van der Waals surface area contributed by atoms with E-state index >= 15 is 0 Å². The number of rotatable bonds is 7. The average Bonchev–Trinajstić information content (AvgIpc) is 2.12. The van der Waals surface area contributed by atoms with Crippen molar-refractivity contribution in [2.45, 2.75) is 24.4 Å². The Morgan fingerprint density at radius 2 is 1.45 bits per heavy atom. The van der Waals surface area contributed by atoms with E-state index in [1.807, 2.05) is 0 Å². The predicted octanol–water partition coefficient (Wildman–Crippen LogP) is 1.47. The van der Waals surface area contributed by atoms with Crippen molar-refractivity contribution in [1.29, 1.82) is 0 Å². The van der Waals surface area contributed by atoms with Crippen LogP contribution in [0.4, 0.5) is 30.7 Å². The third-order valence-electron chi connectivity index (χ3n) is 1.79. The van der Waals surface area contributed by atoms with E-state index in [1.54, 1.807) is 0 Å². The minimum atomic E-state index is -6.44. The maximum absolute atomic E-state index is 12.6. The van der Waals surface area contributed by atoms with Crippen LogP contribution in [0.1, 0.15) is 6.42 Å². The van der Waals surface area contributed by atoms with Crippen molar-refractivity contribution in [3.63, 3.8) is 0 Å². The number of ether oxygens (including phenoxy) is 1. The van der Waals surface area contributed by atoms with E-state index in [0.29, 0.717) is 0 Å². The summed E-state index contributed by atoms with van der Waals surface area (Å²) < 4.78 is 117. The molecule has 0 rings (SSSR count). The van der Waals surface area contributed by atoms with Gasteiger partial charge >= 0.3 is 47.6 Å². The normalized spacial score (nSPS) is 14.0. The SMILES string of the molecule is O=S(=O)(O)CCCOCC(F)(F)C(F)(F)C(F)(F)F.[NaH]. The van der Waals surface area contributed by atoms with Crippen LogP contribution in [0.25, 0.3) is 0 Å². The summed E-state index contributed by atoms with van der Waals surface area (Å²) in [5, 5.41) is 0. The van der Waals surface area contributed by atoms with Gasteiger partial charge in [-0.15, -0.1) is 0 Å². The number of halogens is 7. The topological polar surface area (TPSA) is 63.6 Å². The first-order valence-electron chi connectivity index (χ1n) is 4.56. The van der Waals surface area contributed by atoms with Crippen LogP contribution in [0.5, 0.6) is 0 Å². The summed E-state index contributed by atoms with van der Waals surface area (Å²) in [6.07, 6.45) is -6.97. The van der Waals surface area contributed by atoms with Gasteiger partial charge in [0, 0.05) is 6.61 Å². The molecule has 0 unspecified atom stereocenters. The number of hydrogen-bond acceptors (Lipinski definition) is 3. The van der Waals surface area contributed by atoms with Gasteiger partial charge in [-0.3, -0.25) is 4.55 Å². The molecule has 4 nitrogen and oxygen atoms in total. The molecule has 0 aromatic heterocycles. The first-order chi connectivity index (χ1) is 8.21. The van der Waals surface area contributed by atoms with E-state index in [-0.39, 0.29) is 29.6 Å². The zero-order valence-electron chi connectivity index (χ0n) is 9.05. The van der Waals surface area contributed by atoms with Crippen LogP contribution in [0.3, 0.4) is 0 Å².